The van der Waals surface area contributed by atoms with Gasteiger partial charge >= 0.3 is 0 Å². The fourth-order valence-electron chi connectivity index (χ4n) is 1.45. The standard InChI is InChI=1S/C11H15BrN2O4S/c1-3-4-14-11(15)7-5-8(12)10(18-2)9(6-7)19(13,16)17/h5-6H,3-4H2,1-2H3,(H,14,15)(H2,13,16,17). The van der Waals surface area contributed by atoms with Gasteiger partial charge in [-0.05, 0) is 34.5 Å². The summed E-state index contributed by atoms with van der Waals surface area (Å²) < 4.78 is 28.3. The smallest absolute Gasteiger partial charge is 0.251 e. The lowest BCUT2D eigenvalue weighted by Crippen LogP contribution is -2.24. The lowest BCUT2D eigenvalue weighted by atomic mass is 10.2. The number of hydrogen-bond donors (Lipinski definition) is 2. The van der Waals surface area contributed by atoms with E-state index in [9.17, 15) is 13.2 Å². The molecule has 8 heteroatoms. The average molecular weight is 351 g/mol. The maximum absolute atomic E-state index is 11.8. The number of sulfonamides is 1. The summed E-state index contributed by atoms with van der Waals surface area (Å²) in [6.45, 7) is 2.42. The zero-order valence-corrected chi connectivity index (χ0v) is 13.0. The van der Waals surface area contributed by atoms with Crippen LogP contribution in [-0.4, -0.2) is 28.0 Å². The first kappa shape index (κ1) is 15.9. The van der Waals surface area contributed by atoms with Gasteiger partial charge in [-0.2, -0.15) is 0 Å². The number of carbonyl (C=O) groups excluding carboxylic acids is 1. The fraction of sp³-hybridized carbons (Fsp3) is 0.364. The molecule has 0 aliphatic heterocycles. The summed E-state index contributed by atoms with van der Waals surface area (Å²) in [5.74, 6) is -0.287. The topological polar surface area (TPSA) is 98.5 Å². The predicted octanol–water partition coefficient (Wildman–Crippen LogP) is 1.24. The van der Waals surface area contributed by atoms with Crippen molar-refractivity contribution in [3.8, 4) is 5.75 Å². The van der Waals surface area contributed by atoms with Crippen LogP contribution in [0.15, 0.2) is 21.5 Å². The van der Waals surface area contributed by atoms with E-state index in [0.717, 1.165) is 6.42 Å². The van der Waals surface area contributed by atoms with Crippen LogP contribution in [0.5, 0.6) is 5.75 Å². The molecule has 0 heterocycles. The molecule has 0 radical (unpaired) electrons. The molecule has 0 bridgehead atoms. The van der Waals surface area contributed by atoms with E-state index < -0.39 is 10.0 Å². The Kier molecular flexibility index (Phi) is 5.33. The Labute approximate surface area is 120 Å². The third-order valence-corrected chi connectivity index (χ3v) is 3.82. The summed E-state index contributed by atoms with van der Waals surface area (Å²) in [6.07, 6.45) is 0.783. The molecule has 1 aromatic rings. The third kappa shape index (κ3) is 3.92. The van der Waals surface area contributed by atoms with Crippen molar-refractivity contribution >= 4 is 31.9 Å². The molecule has 0 spiro atoms. The molecule has 106 valence electrons. The van der Waals surface area contributed by atoms with Crippen molar-refractivity contribution in [2.45, 2.75) is 18.2 Å². The number of primary sulfonamides is 1. The quantitative estimate of drug-likeness (QED) is 0.834. The van der Waals surface area contributed by atoms with Crippen molar-refractivity contribution in [2.24, 2.45) is 5.14 Å². The molecular weight excluding hydrogens is 336 g/mol. The SMILES string of the molecule is CCCNC(=O)c1cc(Br)c(OC)c(S(N)(=O)=O)c1. The highest BCUT2D eigenvalue weighted by Crippen LogP contribution is 2.33. The van der Waals surface area contributed by atoms with Gasteiger partial charge in [-0.25, -0.2) is 13.6 Å². The number of hydrogen-bond acceptors (Lipinski definition) is 4. The van der Waals surface area contributed by atoms with E-state index in [-0.39, 0.29) is 22.1 Å². The summed E-state index contributed by atoms with van der Waals surface area (Å²) >= 11 is 3.16. The van der Waals surface area contributed by atoms with Crippen LogP contribution in [0.2, 0.25) is 0 Å². The zero-order valence-electron chi connectivity index (χ0n) is 10.6. The summed E-state index contributed by atoms with van der Waals surface area (Å²) in [4.78, 5) is 11.6. The fourth-order valence-corrected chi connectivity index (χ4v) is 2.95. The van der Waals surface area contributed by atoms with Gasteiger partial charge in [-0.3, -0.25) is 4.79 Å². The second-order valence-electron chi connectivity index (χ2n) is 3.79. The van der Waals surface area contributed by atoms with Crippen molar-refractivity contribution in [1.82, 2.24) is 5.32 Å². The number of rotatable bonds is 5. The predicted molar refractivity (Wildman–Crippen MR) is 74.7 cm³/mol. The van der Waals surface area contributed by atoms with E-state index in [1.54, 1.807) is 0 Å². The third-order valence-electron chi connectivity index (χ3n) is 2.32. The Morgan fingerprint density at radius 2 is 2.11 bits per heavy atom. The van der Waals surface area contributed by atoms with Crippen LogP contribution in [0.3, 0.4) is 0 Å². The molecule has 3 N–H and O–H groups in total. The molecule has 0 aliphatic rings. The highest BCUT2D eigenvalue weighted by atomic mass is 79.9. The van der Waals surface area contributed by atoms with Crippen molar-refractivity contribution in [1.29, 1.82) is 0 Å². The highest BCUT2D eigenvalue weighted by molar-refractivity contribution is 9.10. The van der Waals surface area contributed by atoms with Crippen LogP contribution < -0.4 is 15.2 Å². The molecule has 0 atom stereocenters. The minimum absolute atomic E-state index is 0.0783. The normalized spacial score (nSPS) is 11.2. The molecule has 0 fully saturated rings. The van der Waals surface area contributed by atoms with E-state index in [1.165, 1.54) is 19.2 Å². The first-order valence-corrected chi connectivity index (χ1v) is 7.83. The summed E-state index contributed by atoms with van der Waals surface area (Å²) in [6, 6.07) is 2.68. The Morgan fingerprint density at radius 3 is 2.58 bits per heavy atom. The van der Waals surface area contributed by atoms with Gasteiger partial charge in [0.15, 0.2) is 5.75 Å². The molecule has 6 nitrogen and oxygen atoms in total. The van der Waals surface area contributed by atoms with E-state index in [0.29, 0.717) is 11.0 Å². The van der Waals surface area contributed by atoms with Gasteiger partial charge < -0.3 is 10.1 Å². The molecular formula is C11H15BrN2O4S. The first-order valence-electron chi connectivity index (χ1n) is 5.49. The Balaban J connectivity index is 3.32. The summed E-state index contributed by atoms with van der Waals surface area (Å²) in [5.41, 5.74) is 0.199. The van der Waals surface area contributed by atoms with Gasteiger partial charge in [0.1, 0.15) is 4.90 Å². The molecule has 1 rings (SSSR count). The summed E-state index contributed by atoms with van der Waals surface area (Å²) in [7, 11) is -2.65. The molecule has 0 aliphatic carbocycles. The highest BCUT2D eigenvalue weighted by Gasteiger charge is 2.21. The maximum atomic E-state index is 11.8. The van der Waals surface area contributed by atoms with Crippen molar-refractivity contribution < 1.29 is 17.9 Å². The molecule has 0 saturated carbocycles. The second-order valence-corrected chi connectivity index (χ2v) is 6.17. The van der Waals surface area contributed by atoms with Crippen LogP contribution >= 0.6 is 15.9 Å². The van der Waals surface area contributed by atoms with Crippen molar-refractivity contribution in [3.63, 3.8) is 0 Å². The number of ether oxygens (including phenoxy) is 1. The van der Waals surface area contributed by atoms with Crippen LogP contribution in [0.4, 0.5) is 0 Å². The number of nitrogens with two attached hydrogens (primary N) is 1. The monoisotopic (exact) mass is 350 g/mol. The maximum Gasteiger partial charge on any atom is 0.251 e. The lowest BCUT2D eigenvalue weighted by molar-refractivity contribution is 0.0953. The molecule has 19 heavy (non-hydrogen) atoms. The van der Waals surface area contributed by atoms with E-state index >= 15 is 0 Å². The van der Waals surface area contributed by atoms with Crippen LogP contribution in [0, 0.1) is 0 Å². The molecule has 1 amide bonds. The molecule has 0 unspecified atom stereocenters. The van der Waals surface area contributed by atoms with Gasteiger partial charge in [0.25, 0.3) is 5.91 Å². The van der Waals surface area contributed by atoms with Gasteiger partial charge in [0, 0.05) is 12.1 Å². The number of carbonyl (C=O) groups is 1. The van der Waals surface area contributed by atoms with Gasteiger partial charge in [-0.1, -0.05) is 6.92 Å². The van der Waals surface area contributed by atoms with Crippen LogP contribution in [0.1, 0.15) is 23.7 Å². The van der Waals surface area contributed by atoms with Gasteiger partial charge in [0.2, 0.25) is 10.0 Å². The van der Waals surface area contributed by atoms with Gasteiger partial charge in [0.05, 0.1) is 11.6 Å². The number of benzene rings is 1. The lowest BCUT2D eigenvalue weighted by Gasteiger charge is -2.11. The largest absolute Gasteiger partial charge is 0.494 e. The molecule has 0 aromatic heterocycles. The Morgan fingerprint density at radius 1 is 1.47 bits per heavy atom. The second kappa shape index (κ2) is 6.36. The van der Waals surface area contributed by atoms with E-state index in [2.05, 4.69) is 21.2 Å². The minimum Gasteiger partial charge on any atom is -0.494 e. The minimum atomic E-state index is -3.98. The average Bonchev–Trinajstić information content (AvgIpc) is 2.33. The number of methoxy groups -OCH3 is 1. The zero-order chi connectivity index (χ0) is 14.6. The number of nitrogens with one attached hydrogen (secondary N) is 1. The number of amides is 1. The summed E-state index contributed by atoms with van der Waals surface area (Å²) in [5, 5.41) is 7.77. The van der Waals surface area contributed by atoms with Gasteiger partial charge in [-0.15, -0.1) is 0 Å². The van der Waals surface area contributed by atoms with E-state index in [4.69, 9.17) is 9.88 Å². The molecule has 1 aromatic carbocycles. The Hall–Kier alpha value is -1.12. The molecule has 0 saturated heterocycles. The first-order chi connectivity index (χ1) is 8.81. The Bertz CT molecular complexity index is 587. The van der Waals surface area contributed by atoms with Crippen LogP contribution in [-0.2, 0) is 10.0 Å². The van der Waals surface area contributed by atoms with Crippen molar-refractivity contribution in [3.05, 3.63) is 22.2 Å². The van der Waals surface area contributed by atoms with E-state index in [1.807, 2.05) is 6.92 Å². The number of halogens is 1. The van der Waals surface area contributed by atoms with Crippen LogP contribution in [0.25, 0.3) is 0 Å². The van der Waals surface area contributed by atoms with Crippen molar-refractivity contribution in [2.75, 3.05) is 13.7 Å².